The zero-order chi connectivity index (χ0) is 10.0. The van der Waals surface area contributed by atoms with Gasteiger partial charge >= 0.3 is 0 Å². The third kappa shape index (κ3) is 2.55. The maximum Gasteiger partial charge on any atom is 0.147 e. The Balaban J connectivity index is 3.08. The molecule has 3 heteroatoms. The summed E-state index contributed by atoms with van der Waals surface area (Å²) in [7, 11) is 0. The topological polar surface area (TPSA) is 17.1 Å². The minimum absolute atomic E-state index is 0.0609. The van der Waals surface area contributed by atoms with Crippen LogP contribution < -0.4 is 0 Å². The van der Waals surface area contributed by atoms with Crippen molar-refractivity contribution in [1.29, 1.82) is 0 Å². The molecule has 0 heterocycles. The van der Waals surface area contributed by atoms with E-state index in [-0.39, 0.29) is 10.6 Å². The van der Waals surface area contributed by atoms with E-state index >= 15 is 0 Å². The molecule has 13 heavy (non-hydrogen) atoms. The van der Waals surface area contributed by atoms with Gasteiger partial charge in [0.25, 0.3) is 0 Å². The van der Waals surface area contributed by atoms with Gasteiger partial charge in [-0.1, -0.05) is 39.7 Å². The second-order valence-corrected chi connectivity index (χ2v) is 4.32. The highest BCUT2D eigenvalue weighted by Crippen LogP contribution is 2.30. The molecule has 0 spiro atoms. The van der Waals surface area contributed by atoms with E-state index in [9.17, 15) is 4.79 Å². The van der Waals surface area contributed by atoms with Gasteiger partial charge in [0.15, 0.2) is 0 Å². The van der Waals surface area contributed by atoms with Gasteiger partial charge in [-0.3, -0.25) is 4.79 Å². The number of ketones is 1. The lowest BCUT2D eigenvalue weighted by Crippen LogP contribution is -2.01. The fourth-order valence-electron chi connectivity index (χ4n) is 1.06. The van der Waals surface area contributed by atoms with Gasteiger partial charge in [-0.05, 0) is 31.0 Å². The van der Waals surface area contributed by atoms with Crippen LogP contribution in [-0.2, 0) is 4.79 Å². The van der Waals surface area contributed by atoms with Crippen LogP contribution in [-0.4, -0.2) is 5.78 Å². The Morgan fingerprint density at radius 3 is 2.62 bits per heavy atom. The Labute approximate surface area is 91.2 Å². The molecule has 1 atom stereocenters. The third-order valence-electron chi connectivity index (χ3n) is 1.79. The molecule has 70 valence electrons. The summed E-state index contributed by atoms with van der Waals surface area (Å²) in [6, 6.07) is 5.67. The Kier molecular flexibility index (Phi) is 3.51. The lowest BCUT2D eigenvalue weighted by Gasteiger charge is -2.08. The van der Waals surface area contributed by atoms with E-state index in [2.05, 4.69) is 15.9 Å². The first-order valence-corrected chi connectivity index (χ1v) is 5.22. The average Bonchev–Trinajstić information content (AvgIpc) is 2.03. The lowest BCUT2D eigenvalue weighted by atomic mass is 10.1. The molecule has 0 saturated heterocycles. The first-order valence-electron chi connectivity index (χ1n) is 3.93. The summed E-state index contributed by atoms with van der Waals surface area (Å²) < 4.78 is 0. The summed E-state index contributed by atoms with van der Waals surface area (Å²) in [5.74, 6) is 0.0609. The molecule has 1 nitrogen and oxygen atoms in total. The van der Waals surface area contributed by atoms with Gasteiger partial charge in [-0.25, -0.2) is 0 Å². The van der Waals surface area contributed by atoms with Crippen molar-refractivity contribution in [3.63, 3.8) is 0 Å². The molecule has 0 aromatic heterocycles. The summed E-state index contributed by atoms with van der Waals surface area (Å²) in [5.41, 5.74) is 1.93. The third-order valence-corrected chi connectivity index (χ3v) is 3.25. The van der Waals surface area contributed by atoms with Crippen LogP contribution in [0.2, 0.25) is 5.02 Å². The van der Waals surface area contributed by atoms with Gasteiger partial charge < -0.3 is 0 Å². The summed E-state index contributed by atoms with van der Waals surface area (Å²) >= 11 is 9.28. The van der Waals surface area contributed by atoms with Crippen molar-refractivity contribution in [2.24, 2.45) is 0 Å². The summed E-state index contributed by atoms with van der Waals surface area (Å²) in [6.07, 6.45) is 0. The smallest absolute Gasteiger partial charge is 0.147 e. The van der Waals surface area contributed by atoms with Crippen molar-refractivity contribution in [3.05, 3.63) is 34.3 Å². The standard InChI is InChI=1S/C10H10BrClO/c1-6-3-4-8(9(12)5-6)10(11)7(2)13/h3-5,10H,1-2H3. The Morgan fingerprint density at radius 1 is 1.54 bits per heavy atom. The molecule has 0 aliphatic carbocycles. The van der Waals surface area contributed by atoms with Crippen LogP contribution in [0, 0.1) is 6.92 Å². The molecule has 0 bridgehead atoms. The van der Waals surface area contributed by atoms with Crippen molar-refractivity contribution in [2.75, 3.05) is 0 Å². The molecule has 0 fully saturated rings. The van der Waals surface area contributed by atoms with E-state index < -0.39 is 0 Å². The number of benzene rings is 1. The molecule has 0 amide bonds. The Morgan fingerprint density at radius 2 is 2.15 bits per heavy atom. The number of rotatable bonds is 2. The SMILES string of the molecule is CC(=O)C(Br)c1ccc(C)cc1Cl. The highest BCUT2D eigenvalue weighted by Gasteiger charge is 2.15. The zero-order valence-corrected chi connectivity index (χ0v) is 9.82. The number of hydrogen-bond acceptors (Lipinski definition) is 1. The number of aryl methyl sites for hydroxylation is 1. The van der Waals surface area contributed by atoms with E-state index in [1.165, 1.54) is 6.92 Å². The van der Waals surface area contributed by atoms with E-state index in [1.54, 1.807) is 0 Å². The maximum atomic E-state index is 11.1. The predicted molar refractivity (Wildman–Crippen MR) is 58.5 cm³/mol. The predicted octanol–water partition coefficient (Wildman–Crippen LogP) is 3.67. The van der Waals surface area contributed by atoms with Crippen LogP contribution in [0.5, 0.6) is 0 Å². The van der Waals surface area contributed by atoms with Gasteiger partial charge in [0.2, 0.25) is 0 Å². The summed E-state index contributed by atoms with van der Waals surface area (Å²) in [6.45, 7) is 3.50. The van der Waals surface area contributed by atoms with Crippen molar-refractivity contribution >= 4 is 33.3 Å². The summed E-state index contributed by atoms with van der Waals surface area (Å²) in [4.78, 5) is 10.8. The first kappa shape index (κ1) is 10.7. The van der Waals surface area contributed by atoms with Crippen LogP contribution >= 0.6 is 27.5 Å². The highest BCUT2D eigenvalue weighted by atomic mass is 79.9. The molecule has 0 radical (unpaired) electrons. The molecule has 0 saturated carbocycles. The maximum absolute atomic E-state index is 11.1. The van der Waals surface area contributed by atoms with Crippen LogP contribution in [0.25, 0.3) is 0 Å². The fraction of sp³-hybridized carbons (Fsp3) is 0.300. The van der Waals surface area contributed by atoms with Gasteiger partial charge in [0.05, 0.1) is 4.83 Å². The van der Waals surface area contributed by atoms with Crippen LogP contribution in [0.4, 0.5) is 0 Å². The largest absolute Gasteiger partial charge is 0.298 e. The minimum atomic E-state index is -0.291. The van der Waals surface area contributed by atoms with Gasteiger partial charge in [0.1, 0.15) is 5.78 Å². The number of alkyl halides is 1. The second kappa shape index (κ2) is 4.25. The van der Waals surface area contributed by atoms with Crippen molar-refractivity contribution in [1.82, 2.24) is 0 Å². The Hall–Kier alpha value is -0.340. The molecule has 0 aliphatic rings. The van der Waals surface area contributed by atoms with Crippen molar-refractivity contribution < 1.29 is 4.79 Å². The molecule has 1 aromatic carbocycles. The Bertz CT molecular complexity index is 336. The molecular formula is C10H10BrClO. The first-order chi connectivity index (χ1) is 6.02. The lowest BCUT2D eigenvalue weighted by molar-refractivity contribution is -0.116. The van der Waals surface area contributed by atoms with Crippen LogP contribution in [0.15, 0.2) is 18.2 Å². The number of halogens is 2. The molecular weight excluding hydrogens is 251 g/mol. The zero-order valence-electron chi connectivity index (χ0n) is 7.47. The van der Waals surface area contributed by atoms with E-state index in [0.29, 0.717) is 5.02 Å². The molecule has 0 N–H and O–H groups in total. The van der Waals surface area contributed by atoms with E-state index in [1.807, 2.05) is 25.1 Å². The molecule has 1 rings (SSSR count). The quantitative estimate of drug-likeness (QED) is 0.742. The number of Topliss-reactive ketones (excluding diaryl/α,β-unsaturated/α-hetero) is 1. The average molecular weight is 262 g/mol. The van der Waals surface area contributed by atoms with Crippen LogP contribution in [0.1, 0.15) is 22.9 Å². The van der Waals surface area contributed by atoms with E-state index in [0.717, 1.165) is 11.1 Å². The van der Waals surface area contributed by atoms with Gasteiger partial charge in [-0.15, -0.1) is 0 Å². The van der Waals surface area contributed by atoms with Crippen molar-refractivity contribution in [3.8, 4) is 0 Å². The number of hydrogen-bond donors (Lipinski definition) is 0. The van der Waals surface area contributed by atoms with Crippen molar-refractivity contribution in [2.45, 2.75) is 18.7 Å². The number of carbonyl (C=O) groups is 1. The fourth-order valence-corrected chi connectivity index (χ4v) is 1.93. The molecule has 0 aliphatic heterocycles. The molecule has 1 aromatic rings. The highest BCUT2D eigenvalue weighted by molar-refractivity contribution is 9.09. The van der Waals surface area contributed by atoms with Crippen LogP contribution in [0.3, 0.4) is 0 Å². The number of carbonyl (C=O) groups excluding carboxylic acids is 1. The minimum Gasteiger partial charge on any atom is -0.298 e. The normalized spacial score (nSPS) is 12.6. The monoisotopic (exact) mass is 260 g/mol. The van der Waals surface area contributed by atoms with E-state index in [4.69, 9.17) is 11.6 Å². The van der Waals surface area contributed by atoms with Gasteiger partial charge in [0, 0.05) is 5.02 Å². The summed E-state index contributed by atoms with van der Waals surface area (Å²) in [5, 5.41) is 0.636. The van der Waals surface area contributed by atoms with Gasteiger partial charge in [-0.2, -0.15) is 0 Å². The molecule has 1 unspecified atom stereocenters. The second-order valence-electron chi connectivity index (χ2n) is 3.00.